The van der Waals surface area contributed by atoms with E-state index in [9.17, 15) is 0 Å². The molecule has 0 bridgehead atoms. The van der Waals surface area contributed by atoms with Crippen molar-refractivity contribution in [3.05, 3.63) is 57.3 Å². The molecular formula is C16H21N3S. The predicted octanol–water partition coefficient (Wildman–Crippen LogP) is 3.23. The summed E-state index contributed by atoms with van der Waals surface area (Å²) in [5.74, 6) is 0.832. The molecule has 0 saturated carbocycles. The van der Waals surface area contributed by atoms with Gasteiger partial charge < -0.3 is 10.6 Å². The average Bonchev–Trinajstić information content (AvgIpc) is 2.94. The molecule has 0 spiro atoms. The molecule has 20 heavy (non-hydrogen) atoms. The van der Waals surface area contributed by atoms with Crippen LogP contribution in [0.25, 0.3) is 0 Å². The second-order valence-corrected chi connectivity index (χ2v) is 5.82. The molecule has 0 aliphatic heterocycles. The van der Waals surface area contributed by atoms with E-state index in [0.29, 0.717) is 0 Å². The first-order chi connectivity index (χ1) is 9.69. The molecule has 4 heteroatoms. The maximum absolute atomic E-state index is 4.25. The SMILES string of the molecule is CN=C(NCc1cccs1)NCc1ccc(C)cc1C. The number of rotatable bonds is 4. The number of guanidine groups is 1. The lowest BCUT2D eigenvalue weighted by molar-refractivity contribution is 0.812. The van der Waals surface area contributed by atoms with Crippen molar-refractivity contribution >= 4 is 17.3 Å². The fourth-order valence-corrected chi connectivity index (χ4v) is 2.67. The minimum Gasteiger partial charge on any atom is -0.352 e. The normalized spacial score (nSPS) is 11.4. The van der Waals surface area contributed by atoms with Crippen molar-refractivity contribution in [1.82, 2.24) is 10.6 Å². The van der Waals surface area contributed by atoms with Crippen LogP contribution >= 0.6 is 11.3 Å². The summed E-state index contributed by atoms with van der Waals surface area (Å²) in [4.78, 5) is 5.55. The van der Waals surface area contributed by atoms with Gasteiger partial charge in [-0.25, -0.2) is 0 Å². The van der Waals surface area contributed by atoms with Gasteiger partial charge in [0.2, 0.25) is 0 Å². The Labute approximate surface area is 124 Å². The fourth-order valence-electron chi connectivity index (χ4n) is 2.03. The van der Waals surface area contributed by atoms with Crippen LogP contribution in [0.1, 0.15) is 21.6 Å². The van der Waals surface area contributed by atoms with E-state index in [0.717, 1.165) is 19.0 Å². The summed E-state index contributed by atoms with van der Waals surface area (Å²) >= 11 is 1.75. The number of aryl methyl sites for hydroxylation is 2. The Hall–Kier alpha value is -1.81. The third kappa shape index (κ3) is 4.10. The van der Waals surface area contributed by atoms with Gasteiger partial charge in [0.15, 0.2) is 5.96 Å². The van der Waals surface area contributed by atoms with E-state index in [1.165, 1.54) is 21.6 Å². The van der Waals surface area contributed by atoms with Crippen molar-refractivity contribution in [2.75, 3.05) is 7.05 Å². The Balaban J connectivity index is 1.87. The van der Waals surface area contributed by atoms with Gasteiger partial charge in [-0.15, -0.1) is 11.3 Å². The Kier molecular flexibility index (Phi) is 5.18. The van der Waals surface area contributed by atoms with Gasteiger partial charge in [-0.2, -0.15) is 0 Å². The highest BCUT2D eigenvalue weighted by molar-refractivity contribution is 7.09. The Morgan fingerprint density at radius 1 is 1.15 bits per heavy atom. The average molecular weight is 287 g/mol. The largest absolute Gasteiger partial charge is 0.352 e. The van der Waals surface area contributed by atoms with E-state index in [4.69, 9.17) is 0 Å². The van der Waals surface area contributed by atoms with Crippen molar-refractivity contribution in [3.63, 3.8) is 0 Å². The maximum Gasteiger partial charge on any atom is 0.191 e. The van der Waals surface area contributed by atoms with Crippen LogP contribution in [0.5, 0.6) is 0 Å². The minimum absolute atomic E-state index is 0.788. The molecule has 2 rings (SSSR count). The van der Waals surface area contributed by atoms with Gasteiger partial charge in [-0.1, -0.05) is 29.8 Å². The molecule has 0 aliphatic carbocycles. The quantitative estimate of drug-likeness (QED) is 0.669. The summed E-state index contributed by atoms with van der Waals surface area (Å²) in [5, 5.41) is 8.76. The van der Waals surface area contributed by atoms with E-state index in [2.05, 4.69) is 65.2 Å². The van der Waals surface area contributed by atoms with Crippen LogP contribution in [0.3, 0.4) is 0 Å². The molecule has 0 atom stereocenters. The molecule has 1 heterocycles. The molecule has 0 amide bonds. The Bertz CT molecular complexity index is 573. The van der Waals surface area contributed by atoms with Crippen molar-refractivity contribution in [2.24, 2.45) is 4.99 Å². The highest BCUT2D eigenvalue weighted by atomic mass is 32.1. The van der Waals surface area contributed by atoms with Gasteiger partial charge in [0.05, 0.1) is 6.54 Å². The van der Waals surface area contributed by atoms with Crippen molar-refractivity contribution in [2.45, 2.75) is 26.9 Å². The van der Waals surface area contributed by atoms with E-state index in [1.54, 1.807) is 18.4 Å². The van der Waals surface area contributed by atoms with Crippen LogP contribution in [0.15, 0.2) is 40.7 Å². The number of benzene rings is 1. The lowest BCUT2D eigenvalue weighted by Crippen LogP contribution is -2.36. The second kappa shape index (κ2) is 7.10. The van der Waals surface area contributed by atoms with Crippen LogP contribution in [-0.2, 0) is 13.1 Å². The van der Waals surface area contributed by atoms with E-state index >= 15 is 0 Å². The number of thiophene rings is 1. The first kappa shape index (κ1) is 14.6. The Morgan fingerprint density at radius 3 is 2.60 bits per heavy atom. The van der Waals surface area contributed by atoms with Crippen LogP contribution < -0.4 is 10.6 Å². The number of aliphatic imine (C=N–C) groups is 1. The van der Waals surface area contributed by atoms with Crippen LogP contribution in [0.2, 0.25) is 0 Å². The van der Waals surface area contributed by atoms with Gasteiger partial charge in [-0.3, -0.25) is 4.99 Å². The molecule has 0 unspecified atom stereocenters. The van der Waals surface area contributed by atoms with Gasteiger partial charge in [0, 0.05) is 18.5 Å². The minimum atomic E-state index is 0.788. The van der Waals surface area contributed by atoms with Crippen LogP contribution in [0.4, 0.5) is 0 Å². The lowest BCUT2D eigenvalue weighted by Gasteiger charge is -2.13. The molecule has 0 radical (unpaired) electrons. The van der Waals surface area contributed by atoms with Gasteiger partial charge in [-0.05, 0) is 36.4 Å². The second-order valence-electron chi connectivity index (χ2n) is 4.79. The summed E-state index contributed by atoms with van der Waals surface area (Å²) in [7, 11) is 1.80. The zero-order valence-electron chi connectivity index (χ0n) is 12.2. The first-order valence-electron chi connectivity index (χ1n) is 6.72. The molecule has 2 N–H and O–H groups in total. The maximum atomic E-state index is 4.25. The summed E-state index contributed by atoms with van der Waals surface area (Å²) < 4.78 is 0. The predicted molar refractivity (Wildman–Crippen MR) is 87.3 cm³/mol. The molecule has 0 fully saturated rings. The van der Waals surface area contributed by atoms with Gasteiger partial charge in [0.25, 0.3) is 0 Å². The molecule has 1 aromatic carbocycles. The number of nitrogens with zero attached hydrogens (tertiary/aromatic N) is 1. The number of hydrogen-bond donors (Lipinski definition) is 2. The number of nitrogens with one attached hydrogen (secondary N) is 2. The van der Waals surface area contributed by atoms with Crippen molar-refractivity contribution in [3.8, 4) is 0 Å². The van der Waals surface area contributed by atoms with Crippen LogP contribution in [0, 0.1) is 13.8 Å². The van der Waals surface area contributed by atoms with E-state index in [-0.39, 0.29) is 0 Å². The smallest absolute Gasteiger partial charge is 0.191 e. The molecule has 1 aromatic heterocycles. The highest BCUT2D eigenvalue weighted by Gasteiger charge is 2.02. The van der Waals surface area contributed by atoms with E-state index < -0.39 is 0 Å². The van der Waals surface area contributed by atoms with E-state index in [1.807, 2.05) is 0 Å². The fraction of sp³-hybridized carbons (Fsp3) is 0.312. The Morgan fingerprint density at radius 2 is 1.95 bits per heavy atom. The molecule has 106 valence electrons. The van der Waals surface area contributed by atoms with Crippen molar-refractivity contribution in [1.29, 1.82) is 0 Å². The van der Waals surface area contributed by atoms with Crippen LogP contribution in [-0.4, -0.2) is 13.0 Å². The molecule has 3 nitrogen and oxygen atoms in total. The highest BCUT2D eigenvalue weighted by Crippen LogP contribution is 2.10. The third-order valence-electron chi connectivity index (χ3n) is 3.18. The summed E-state index contributed by atoms with van der Waals surface area (Å²) in [6.07, 6.45) is 0. The summed E-state index contributed by atoms with van der Waals surface area (Å²) in [6.45, 7) is 5.86. The molecular weight excluding hydrogens is 266 g/mol. The third-order valence-corrected chi connectivity index (χ3v) is 4.05. The zero-order chi connectivity index (χ0) is 14.4. The summed E-state index contributed by atoms with van der Waals surface area (Å²) in [5.41, 5.74) is 3.91. The van der Waals surface area contributed by atoms with Gasteiger partial charge in [0.1, 0.15) is 0 Å². The standard InChI is InChI=1S/C16H21N3S/c1-12-6-7-14(13(2)9-12)10-18-16(17-3)19-11-15-5-4-8-20-15/h4-9H,10-11H2,1-3H3,(H2,17,18,19). The lowest BCUT2D eigenvalue weighted by atomic mass is 10.1. The number of hydrogen-bond acceptors (Lipinski definition) is 2. The molecule has 0 saturated heterocycles. The first-order valence-corrected chi connectivity index (χ1v) is 7.60. The molecule has 2 aromatic rings. The zero-order valence-corrected chi connectivity index (χ0v) is 13.1. The summed E-state index contributed by atoms with van der Waals surface area (Å²) in [6, 6.07) is 10.7. The van der Waals surface area contributed by atoms with Gasteiger partial charge >= 0.3 is 0 Å². The molecule has 0 aliphatic rings. The monoisotopic (exact) mass is 287 g/mol. The van der Waals surface area contributed by atoms with Crippen molar-refractivity contribution < 1.29 is 0 Å². The topological polar surface area (TPSA) is 36.4 Å².